The third kappa shape index (κ3) is 43.4. The first-order chi connectivity index (χ1) is 60.4. The van der Waals surface area contributed by atoms with Crippen LogP contribution in [0.2, 0.25) is 0 Å². The van der Waals surface area contributed by atoms with Gasteiger partial charge in [0.25, 0.3) is 0 Å². The molecule has 0 aliphatic carbocycles. The largest absolute Gasteiger partial charge is 0.790 e. The number of carbonyl (C=O) groups is 7. The van der Waals surface area contributed by atoms with Crippen LogP contribution in [-0.2, 0) is 99.1 Å². The molecule has 4 aliphatic heterocycles. The van der Waals surface area contributed by atoms with Crippen LogP contribution in [0.15, 0.2) is 0 Å². The van der Waals surface area contributed by atoms with Crippen molar-refractivity contribution in [3.05, 3.63) is 0 Å². The summed E-state index contributed by atoms with van der Waals surface area (Å²) < 4.78 is 94.9. The molecule has 4 rings (SSSR count). The maximum atomic E-state index is 15.2. The van der Waals surface area contributed by atoms with E-state index in [9.17, 15) is 119 Å². The second-order valence-corrected chi connectivity index (χ2v) is 36.7. The van der Waals surface area contributed by atoms with Gasteiger partial charge in [-0.2, -0.15) is 0 Å². The molecule has 39 nitrogen and oxygen atoms in total. The van der Waals surface area contributed by atoms with E-state index in [1.165, 1.54) is 0 Å². The lowest BCUT2D eigenvalue weighted by atomic mass is 9.90. The van der Waals surface area contributed by atoms with Gasteiger partial charge in [0, 0.05) is 25.7 Å². The van der Waals surface area contributed by atoms with Crippen molar-refractivity contribution in [3.63, 3.8) is 0 Å². The number of aliphatic hydroxyl groups is 10. The fourth-order valence-corrected chi connectivity index (χ4v) is 17.3. The lowest BCUT2D eigenvalue weighted by Gasteiger charge is -2.53. The first-order valence-corrected chi connectivity index (χ1v) is 49.6. The van der Waals surface area contributed by atoms with Crippen LogP contribution in [0.1, 0.15) is 336 Å². The van der Waals surface area contributed by atoms with Crippen molar-refractivity contribution in [1.82, 2.24) is 10.6 Å². The molecule has 41 heteroatoms. The number of esters is 3. The molecular formula is C86H150N2O37P2-6. The van der Waals surface area contributed by atoms with Gasteiger partial charge in [0.05, 0.1) is 79.6 Å². The predicted molar refractivity (Wildman–Crippen MR) is 442 cm³/mol. The zero-order valence-electron chi connectivity index (χ0n) is 75.1. The van der Waals surface area contributed by atoms with Crippen LogP contribution in [0.3, 0.4) is 0 Å². The lowest BCUT2D eigenvalue weighted by Crippen LogP contribution is -2.71. The number of unbranched alkanes of at least 4 members (excludes halogenated alkanes) is 32. The van der Waals surface area contributed by atoms with Gasteiger partial charge in [-0.05, 0) is 44.9 Å². The first-order valence-electron chi connectivity index (χ1n) is 46.7. The van der Waals surface area contributed by atoms with Crippen LogP contribution < -0.4 is 40.4 Å². The highest BCUT2D eigenvalue weighted by Gasteiger charge is 2.59. The zero-order chi connectivity index (χ0) is 94.1. The molecule has 4 saturated heterocycles. The van der Waals surface area contributed by atoms with Crippen LogP contribution in [0, 0.1) is 0 Å². The molecule has 0 aromatic rings. The molecule has 0 bridgehead atoms. The number of carboxylic acids is 2. The number of phosphoric acid groups is 2. The van der Waals surface area contributed by atoms with E-state index < -0.39 is 256 Å². The predicted octanol–water partition coefficient (Wildman–Crippen LogP) is 2.61. The summed E-state index contributed by atoms with van der Waals surface area (Å²) in [6, 6.07) is -4.49. The SMILES string of the molecule is CCCCCCCCCCCC(=O)O[C@H](CCCCCCCCC)CC(=O)N[C@H]1[C@@H](OP(=O)([O-])[O-])O[C@H](CO[C@@H]2O[C@H](CO[C@]3(C(=O)[O-])C[C@@H](O[C@]4(C(=O)[O-])C[C@@H](O)[C@@H](O)[C@@H]([C@H](O)CO)O4)[C@@H](O)[C@@H]([C@H](O)CO)O3)[C@@H](OP(=O)([O-])[O-])[C@H](OC(=O)C[C@H](O)CCCCCCC)[C@H]2NC(=O)C[C@@H](CCCCCCCCC)OC(=O)CCCCCCCCCCC)[C@@H](O)[C@@H]1O. The summed E-state index contributed by atoms with van der Waals surface area (Å²) in [7, 11) is -12.9. The Bertz CT molecular complexity index is 3180. The summed E-state index contributed by atoms with van der Waals surface area (Å²) in [4.78, 5) is 150. The van der Waals surface area contributed by atoms with Gasteiger partial charge in [0.1, 0.15) is 103 Å². The van der Waals surface area contributed by atoms with E-state index in [0.717, 1.165) is 180 Å². The van der Waals surface area contributed by atoms with Crippen molar-refractivity contribution < 1.29 is 180 Å². The quantitative estimate of drug-likeness (QED) is 0.0180. The van der Waals surface area contributed by atoms with Crippen LogP contribution in [-0.4, -0.2) is 259 Å². The Balaban J connectivity index is 1.92. The smallest absolute Gasteiger partial charge is 0.308 e. The van der Waals surface area contributed by atoms with E-state index in [-0.39, 0.29) is 32.1 Å². The Morgan fingerprint density at radius 1 is 0.433 bits per heavy atom. The van der Waals surface area contributed by atoms with E-state index in [1.54, 1.807) is 0 Å². The van der Waals surface area contributed by atoms with E-state index in [0.29, 0.717) is 57.8 Å². The van der Waals surface area contributed by atoms with Crippen molar-refractivity contribution in [2.45, 2.75) is 476 Å². The number of amides is 2. The second-order valence-electron chi connectivity index (χ2n) is 34.5. The van der Waals surface area contributed by atoms with Gasteiger partial charge < -0.3 is 167 Å². The Hall–Kier alpha value is -4.17. The number of hydrogen-bond donors (Lipinski definition) is 12. The van der Waals surface area contributed by atoms with Gasteiger partial charge in [0.15, 0.2) is 18.7 Å². The third-order valence-corrected chi connectivity index (χ3v) is 24.5. The molecule has 0 radical (unpaired) electrons. The molecule has 742 valence electrons. The Labute approximate surface area is 747 Å². The Kier molecular flexibility index (Phi) is 56.6. The van der Waals surface area contributed by atoms with E-state index in [1.807, 2.05) is 13.8 Å². The minimum atomic E-state index is -6.63. The molecule has 0 aromatic heterocycles. The van der Waals surface area contributed by atoms with E-state index in [4.69, 9.17) is 56.4 Å². The monoisotopic (exact) mass is 1860 g/mol. The highest BCUT2D eigenvalue weighted by Crippen LogP contribution is 2.43. The van der Waals surface area contributed by atoms with Gasteiger partial charge in [-0.3, -0.25) is 24.0 Å². The lowest BCUT2D eigenvalue weighted by molar-refractivity contribution is -0.420. The Morgan fingerprint density at radius 2 is 0.827 bits per heavy atom. The number of phosphoric ester groups is 2. The number of aliphatic hydroxyl groups excluding tert-OH is 10. The zero-order valence-corrected chi connectivity index (χ0v) is 76.9. The number of carbonyl (C=O) groups excluding carboxylic acids is 7. The number of nitrogens with one attached hydrogen (secondary N) is 2. The molecule has 0 aromatic carbocycles. The maximum Gasteiger partial charge on any atom is 0.308 e. The normalized spacial score (nSPS) is 27.7. The van der Waals surface area contributed by atoms with Crippen LogP contribution in [0.4, 0.5) is 0 Å². The van der Waals surface area contributed by atoms with Gasteiger partial charge in [-0.25, -0.2) is 0 Å². The van der Waals surface area contributed by atoms with Crippen LogP contribution in [0.5, 0.6) is 0 Å². The van der Waals surface area contributed by atoms with Crippen molar-refractivity contribution in [1.29, 1.82) is 0 Å². The summed E-state index contributed by atoms with van der Waals surface area (Å²) >= 11 is 0. The van der Waals surface area contributed by atoms with Crippen molar-refractivity contribution in [3.8, 4) is 0 Å². The average molecular weight is 1870 g/mol. The van der Waals surface area contributed by atoms with E-state index >= 15 is 4.79 Å². The summed E-state index contributed by atoms with van der Waals surface area (Å²) in [5.74, 6) is -17.0. The van der Waals surface area contributed by atoms with Crippen molar-refractivity contribution >= 4 is 57.3 Å². The fourth-order valence-electron chi connectivity index (χ4n) is 16.3. The number of hydrogen-bond acceptors (Lipinski definition) is 37. The van der Waals surface area contributed by atoms with Gasteiger partial charge in [0.2, 0.25) is 23.4 Å². The fraction of sp³-hybridized carbons (Fsp3) is 0.919. The molecule has 12 N–H and O–H groups in total. The highest BCUT2D eigenvalue weighted by molar-refractivity contribution is 7.43. The van der Waals surface area contributed by atoms with Crippen molar-refractivity contribution in [2.24, 2.45) is 0 Å². The van der Waals surface area contributed by atoms with E-state index in [2.05, 4.69) is 31.4 Å². The molecule has 4 fully saturated rings. The number of ether oxygens (including phenoxy) is 10. The van der Waals surface area contributed by atoms with Gasteiger partial charge in [-0.1, -0.05) is 247 Å². The first kappa shape index (κ1) is 115. The van der Waals surface area contributed by atoms with Gasteiger partial charge in [-0.15, -0.1) is 0 Å². The van der Waals surface area contributed by atoms with Crippen molar-refractivity contribution in [2.75, 3.05) is 26.4 Å². The van der Waals surface area contributed by atoms with Gasteiger partial charge >= 0.3 is 17.9 Å². The summed E-state index contributed by atoms with van der Waals surface area (Å²) in [6.45, 7) is 4.68. The third-order valence-electron chi connectivity index (χ3n) is 23.5. The maximum absolute atomic E-state index is 15.2. The molecule has 0 unspecified atom stereocenters. The minimum Gasteiger partial charge on any atom is -0.790 e. The standard InChI is InChI=1S/C86H156N2O37P2/c1-6-11-16-21-25-27-31-36-41-46-68(97)116-58(44-39-34-29-23-18-13-8-3)49-66(95)87-71-76(103)74(101)64(118-82(71)125-127(111,112)113)55-114-81-72(88-67(96)50-59(45-40-35-30-24-19-14-9-4)117-69(98)47-42-37-32-28-26-22-17-12-7-2)80(120-70(99)48-57(91)43-38-33-20-15-10-5)79(124-126(108,109)110)65(119-81)56-115-85(83(104)105)52-63(75(102)78(122-85)62(94)54-90)121-86(84(106)107)51-60(92)73(100)77(123-86)61(93)53-89/h57-65,71-82,89-94,100-103H,6-56H2,1-5H3,(H,87,95)(H,88,96)(H,104,105)(H,106,107)(H2,108,109,110)(H2,111,112,113)/p-6/t57-,58-,59-,60-,61-,62-,63-,64-,65-,71-,72-,73-,74-,75-,76-,77-,78-,79-,80-,81-,82-,85-,86-/m1/s1. The molecule has 4 aliphatic rings. The topological polar surface area (TPSA) is 629 Å². The summed E-state index contributed by atoms with van der Waals surface area (Å²) in [6.07, 6.45) is -16.0. The molecule has 4 heterocycles. The van der Waals surface area contributed by atoms with Crippen LogP contribution >= 0.6 is 15.6 Å². The minimum absolute atomic E-state index is 0.0271. The molecule has 2 amide bonds. The second kappa shape index (κ2) is 62.4. The Morgan fingerprint density at radius 3 is 1.25 bits per heavy atom. The molecule has 0 saturated carbocycles. The molecular weight excluding hydrogens is 1710 g/mol. The summed E-state index contributed by atoms with van der Waals surface area (Å²) in [5.41, 5.74) is 0. The molecule has 127 heavy (non-hydrogen) atoms. The summed E-state index contributed by atoms with van der Waals surface area (Å²) in [5, 5.41) is 143. The number of carboxylic acid groups (broad SMARTS) is 2. The molecule has 23 atom stereocenters. The van der Waals surface area contributed by atoms with Crippen LogP contribution in [0.25, 0.3) is 0 Å². The average Bonchev–Trinajstić information content (AvgIpc) is 0.747. The number of rotatable bonds is 71. The molecule has 0 spiro atoms. The highest BCUT2D eigenvalue weighted by atomic mass is 31.2. The number of aliphatic carboxylic acids is 2.